The standard InChI is InChI=1S/C48H58O23/c1-57-28-16-25(17-29(58-2)42(28)63-7)10-13-36(51)66-23-35-39(54)40(55)41(56)47(67-35)71-48(24-50)46(69-38(53)15-12-27-20-32(61-5)44(65-9)33(21-27)62-6)45(34(22-49)70-48)68-37(52)14-11-26-18-30(59-3)43(64-8)31(19-26)60-4/h10-21,34-35,39-41,45-47,49-50,54-56H,22-24H2,1-9H3/b13-10+,14-11+,15-12+/t34-,35-,39-,40+,41-,45-,46+,47-,48+/m1/s1. The van der Waals surface area contributed by atoms with Gasteiger partial charge < -0.3 is 96.6 Å². The van der Waals surface area contributed by atoms with Gasteiger partial charge in [-0.15, -0.1) is 0 Å². The quantitative estimate of drug-likeness (QED) is 0.0511. The van der Waals surface area contributed by atoms with Crippen LogP contribution in [-0.2, 0) is 42.8 Å². The number of ether oxygens (including phenoxy) is 15. The average Bonchev–Trinajstić information content (AvgIpc) is 3.67. The summed E-state index contributed by atoms with van der Waals surface area (Å²) < 4.78 is 82.9. The number of hydrogen-bond acceptors (Lipinski definition) is 23. The number of carbonyl (C=O) groups excluding carboxylic acids is 3. The molecule has 9 atom stereocenters. The van der Waals surface area contributed by atoms with Gasteiger partial charge in [0.15, 0.2) is 53.0 Å². The predicted molar refractivity (Wildman–Crippen MR) is 246 cm³/mol. The fourth-order valence-electron chi connectivity index (χ4n) is 7.51. The van der Waals surface area contributed by atoms with E-state index in [9.17, 15) is 39.9 Å². The first-order chi connectivity index (χ1) is 34.1. The second-order valence-corrected chi connectivity index (χ2v) is 15.2. The molecule has 2 aliphatic heterocycles. The molecule has 5 N–H and O–H groups in total. The number of esters is 3. The minimum atomic E-state index is -2.65. The minimum absolute atomic E-state index is 0.257. The second kappa shape index (κ2) is 25.3. The summed E-state index contributed by atoms with van der Waals surface area (Å²) in [5.74, 6) is -3.21. The number of carbonyl (C=O) groups is 3. The lowest BCUT2D eigenvalue weighted by Crippen LogP contribution is -2.63. The summed E-state index contributed by atoms with van der Waals surface area (Å²) in [5, 5.41) is 54.7. The Bertz CT molecular complexity index is 2320. The predicted octanol–water partition coefficient (Wildman–Crippen LogP) is 1.47. The molecule has 2 aliphatic rings. The van der Waals surface area contributed by atoms with Crippen molar-refractivity contribution in [2.45, 2.75) is 54.8 Å². The summed E-state index contributed by atoms with van der Waals surface area (Å²) in [6, 6.07) is 9.27. The molecule has 2 fully saturated rings. The van der Waals surface area contributed by atoms with Crippen molar-refractivity contribution in [3.8, 4) is 51.7 Å². The highest BCUT2D eigenvalue weighted by Gasteiger charge is 2.62. The van der Waals surface area contributed by atoms with Crippen LogP contribution in [0.4, 0.5) is 0 Å². The van der Waals surface area contributed by atoms with Gasteiger partial charge in [0.2, 0.25) is 23.0 Å². The Kier molecular flexibility index (Phi) is 19.7. The molecule has 2 saturated heterocycles. The van der Waals surface area contributed by atoms with Gasteiger partial charge >= 0.3 is 17.9 Å². The van der Waals surface area contributed by atoms with Gasteiger partial charge in [0, 0.05) is 18.2 Å². The van der Waals surface area contributed by atoms with Crippen molar-refractivity contribution in [1.82, 2.24) is 0 Å². The molecular formula is C48H58O23. The van der Waals surface area contributed by atoms with E-state index in [1.165, 1.54) is 94.3 Å². The van der Waals surface area contributed by atoms with E-state index in [1.807, 2.05) is 0 Å². The first-order valence-corrected chi connectivity index (χ1v) is 21.4. The topological polar surface area (TPSA) is 291 Å². The number of methoxy groups -OCH3 is 9. The molecule has 23 heteroatoms. The number of aliphatic hydroxyl groups is 5. The lowest BCUT2D eigenvalue weighted by atomic mass is 9.98. The summed E-state index contributed by atoms with van der Waals surface area (Å²) in [6.07, 6.45) is -7.95. The molecule has 3 aromatic carbocycles. The van der Waals surface area contributed by atoms with Crippen molar-refractivity contribution in [3.05, 3.63) is 71.3 Å². The number of rotatable bonds is 23. The molecule has 0 saturated carbocycles. The highest BCUT2D eigenvalue weighted by molar-refractivity contribution is 5.89. The van der Waals surface area contributed by atoms with Crippen LogP contribution in [0.3, 0.4) is 0 Å². The maximum Gasteiger partial charge on any atom is 0.331 e. The van der Waals surface area contributed by atoms with E-state index in [-0.39, 0.29) is 34.5 Å². The normalized spacial score (nSPS) is 24.1. The first-order valence-electron chi connectivity index (χ1n) is 21.4. The smallest absolute Gasteiger partial charge is 0.331 e. The van der Waals surface area contributed by atoms with Gasteiger partial charge in [0.1, 0.15) is 43.7 Å². The number of aliphatic hydroxyl groups excluding tert-OH is 5. The maximum absolute atomic E-state index is 13.7. The van der Waals surface area contributed by atoms with Crippen molar-refractivity contribution < 1.29 is 111 Å². The van der Waals surface area contributed by atoms with Crippen LogP contribution < -0.4 is 42.6 Å². The fraction of sp³-hybridized carbons (Fsp3) is 0.438. The zero-order valence-corrected chi connectivity index (χ0v) is 40.3. The molecule has 71 heavy (non-hydrogen) atoms. The second-order valence-electron chi connectivity index (χ2n) is 15.2. The molecule has 2 heterocycles. The number of benzene rings is 3. The van der Waals surface area contributed by atoms with E-state index in [1.54, 1.807) is 24.3 Å². The average molecular weight is 1000 g/mol. The zero-order chi connectivity index (χ0) is 52.0. The molecule has 23 nitrogen and oxygen atoms in total. The van der Waals surface area contributed by atoms with E-state index >= 15 is 0 Å². The van der Waals surface area contributed by atoms with E-state index in [2.05, 4.69) is 0 Å². The first kappa shape index (κ1) is 55.1. The molecule has 3 aromatic rings. The Labute approximate surface area is 408 Å². The van der Waals surface area contributed by atoms with Gasteiger partial charge in [-0.3, -0.25) is 0 Å². The third-order valence-corrected chi connectivity index (χ3v) is 11.0. The van der Waals surface area contributed by atoms with Crippen LogP contribution >= 0.6 is 0 Å². The van der Waals surface area contributed by atoms with Crippen LogP contribution in [0.25, 0.3) is 18.2 Å². The van der Waals surface area contributed by atoms with Gasteiger partial charge in [-0.1, -0.05) is 0 Å². The van der Waals surface area contributed by atoms with Gasteiger partial charge in [0.05, 0.1) is 70.6 Å². The van der Waals surface area contributed by atoms with Crippen LogP contribution in [0.2, 0.25) is 0 Å². The molecule has 388 valence electrons. The lowest BCUT2D eigenvalue weighted by molar-refractivity contribution is -0.383. The van der Waals surface area contributed by atoms with Crippen LogP contribution in [0.5, 0.6) is 51.7 Å². The van der Waals surface area contributed by atoms with Gasteiger partial charge in [-0.2, -0.15) is 0 Å². The molecule has 0 radical (unpaired) electrons. The Morgan fingerprint density at radius 3 is 1.30 bits per heavy atom. The van der Waals surface area contributed by atoms with E-state index < -0.39 is 92.5 Å². The molecule has 5 rings (SSSR count). The molecule has 0 aliphatic carbocycles. The van der Waals surface area contributed by atoms with Gasteiger partial charge in [-0.25, -0.2) is 14.4 Å². The Balaban J connectivity index is 1.43. The fourth-order valence-corrected chi connectivity index (χ4v) is 7.51. The molecule has 0 aromatic heterocycles. The highest BCUT2D eigenvalue weighted by Crippen LogP contribution is 2.42. The monoisotopic (exact) mass is 1000 g/mol. The lowest BCUT2D eigenvalue weighted by Gasteiger charge is -2.43. The third-order valence-electron chi connectivity index (χ3n) is 11.0. The van der Waals surface area contributed by atoms with Crippen LogP contribution in [0.1, 0.15) is 16.7 Å². The van der Waals surface area contributed by atoms with E-state index in [0.717, 1.165) is 18.2 Å². The number of hydrogen-bond donors (Lipinski definition) is 5. The van der Waals surface area contributed by atoms with Gasteiger partial charge in [-0.05, 0) is 71.3 Å². The molecule has 0 amide bonds. The summed E-state index contributed by atoms with van der Waals surface area (Å²) in [5.41, 5.74) is 1.21. The zero-order valence-electron chi connectivity index (χ0n) is 40.3. The van der Waals surface area contributed by atoms with Crippen molar-refractivity contribution >= 4 is 36.1 Å². The molecule has 0 unspecified atom stereocenters. The van der Waals surface area contributed by atoms with Crippen molar-refractivity contribution in [2.24, 2.45) is 0 Å². The molecule has 0 spiro atoms. The van der Waals surface area contributed by atoms with E-state index in [4.69, 9.17) is 71.1 Å². The van der Waals surface area contributed by atoms with Crippen molar-refractivity contribution in [1.29, 1.82) is 0 Å². The SMILES string of the molecule is COc1cc(/C=C/C(=O)OC[C@H]2O[C@H](O[C@]3(CO)O[C@H](CO)[C@@H](OC(=O)/C=C/c4cc(OC)c(OC)c(OC)c4)[C@@H]3OC(=O)/C=C/c3cc(OC)c(OC)c(OC)c3)[C@H](O)[C@@H](O)[C@@H]2O)cc(OC)c1OC. The summed E-state index contributed by atoms with van der Waals surface area (Å²) in [4.78, 5) is 40.2. The van der Waals surface area contributed by atoms with Crippen LogP contribution in [0, 0.1) is 0 Å². The minimum Gasteiger partial charge on any atom is -0.493 e. The van der Waals surface area contributed by atoms with Crippen molar-refractivity contribution in [2.75, 3.05) is 83.8 Å². The van der Waals surface area contributed by atoms with Crippen LogP contribution in [-0.4, -0.2) is 182 Å². The summed E-state index contributed by atoms with van der Waals surface area (Å²) in [6.45, 7) is -2.88. The maximum atomic E-state index is 13.7. The summed E-state index contributed by atoms with van der Waals surface area (Å²) in [7, 11) is 12.7. The Morgan fingerprint density at radius 1 is 0.535 bits per heavy atom. The largest absolute Gasteiger partial charge is 0.493 e. The third kappa shape index (κ3) is 12.7. The van der Waals surface area contributed by atoms with Crippen molar-refractivity contribution in [3.63, 3.8) is 0 Å². The Morgan fingerprint density at radius 2 is 0.930 bits per heavy atom. The van der Waals surface area contributed by atoms with E-state index in [0.29, 0.717) is 33.9 Å². The highest BCUT2D eigenvalue weighted by atomic mass is 16.8. The molecular weight excluding hydrogens is 945 g/mol. The molecule has 0 bridgehead atoms. The Hall–Kier alpha value is -6.83. The van der Waals surface area contributed by atoms with Crippen LogP contribution in [0.15, 0.2) is 54.6 Å². The summed E-state index contributed by atoms with van der Waals surface area (Å²) >= 11 is 0. The van der Waals surface area contributed by atoms with Gasteiger partial charge in [0.25, 0.3) is 0 Å².